The SMILES string of the molecule is CC1CC(=O)N1.CCCc1cc(F)c(F)cc1F. The third-order valence-electron chi connectivity index (χ3n) is 2.51. The van der Waals surface area contributed by atoms with Crippen LogP contribution in [0.15, 0.2) is 12.1 Å². The third-order valence-corrected chi connectivity index (χ3v) is 2.51. The average Bonchev–Trinajstić information content (AvgIpc) is 2.25. The van der Waals surface area contributed by atoms with Crippen LogP contribution >= 0.6 is 0 Å². The largest absolute Gasteiger partial charge is 0.353 e. The lowest BCUT2D eigenvalue weighted by molar-refractivity contribution is -0.127. The van der Waals surface area contributed by atoms with Gasteiger partial charge in [-0.2, -0.15) is 0 Å². The van der Waals surface area contributed by atoms with Gasteiger partial charge in [0, 0.05) is 18.5 Å². The van der Waals surface area contributed by atoms with Crippen LogP contribution in [0.2, 0.25) is 0 Å². The van der Waals surface area contributed by atoms with E-state index < -0.39 is 17.5 Å². The Balaban J connectivity index is 0.000000225. The molecule has 0 radical (unpaired) electrons. The summed E-state index contributed by atoms with van der Waals surface area (Å²) in [5, 5.41) is 2.67. The van der Waals surface area contributed by atoms with Crippen LogP contribution in [0, 0.1) is 17.5 Å². The number of benzene rings is 1. The van der Waals surface area contributed by atoms with E-state index in [1.807, 2.05) is 13.8 Å². The van der Waals surface area contributed by atoms with Gasteiger partial charge >= 0.3 is 0 Å². The normalized spacial score (nSPS) is 17.4. The van der Waals surface area contributed by atoms with E-state index in [0.717, 1.165) is 12.5 Å². The second-order valence-electron chi connectivity index (χ2n) is 4.28. The van der Waals surface area contributed by atoms with E-state index in [9.17, 15) is 18.0 Å². The first kappa shape index (κ1) is 14.5. The molecule has 0 bridgehead atoms. The van der Waals surface area contributed by atoms with Crippen molar-refractivity contribution >= 4 is 5.91 Å². The maximum absolute atomic E-state index is 12.8. The van der Waals surface area contributed by atoms with Crippen LogP contribution in [-0.2, 0) is 11.2 Å². The topological polar surface area (TPSA) is 29.1 Å². The Bertz CT molecular complexity index is 426. The second-order valence-corrected chi connectivity index (χ2v) is 4.28. The van der Waals surface area contributed by atoms with E-state index in [4.69, 9.17) is 0 Å². The molecule has 1 unspecified atom stereocenters. The fourth-order valence-electron chi connectivity index (χ4n) is 1.56. The van der Waals surface area contributed by atoms with Crippen LogP contribution in [0.1, 0.15) is 32.3 Å². The van der Waals surface area contributed by atoms with E-state index >= 15 is 0 Å². The minimum atomic E-state index is -1.13. The Morgan fingerprint density at radius 2 is 1.78 bits per heavy atom. The van der Waals surface area contributed by atoms with Crippen molar-refractivity contribution in [2.75, 3.05) is 0 Å². The molecule has 1 amide bonds. The van der Waals surface area contributed by atoms with Gasteiger partial charge in [0.1, 0.15) is 5.82 Å². The molecule has 1 fully saturated rings. The number of hydrogen-bond acceptors (Lipinski definition) is 1. The Kier molecular flexibility index (Phi) is 5.19. The molecule has 2 nitrogen and oxygen atoms in total. The monoisotopic (exact) mass is 259 g/mol. The fourth-order valence-corrected chi connectivity index (χ4v) is 1.56. The highest BCUT2D eigenvalue weighted by Crippen LogP contribution is 2.14. The smallest absolute Gasteiger partial charge is 0.222 e. The molecule has 18 heavy (non-hydrogen) atoms. The quantitative estimate of drug-likeness (QED) is 0.642. The number of aryl methyl sites for hydroxylation is 1. The summed E-state index contributed by atoms with van der Waals surface area (Å²) in [6.45, 7) is 3.84. The van der Waals surface area contributed by atoms with Crippen LogP contribution < -0.4 is 5.32 Å². The Morgan fingerprint density at radius 1 is 1.22 bits per heavy atom. The molecule has 5 heteroatoms. The highest BCUT2D eigenvalue weighted by atomic mass is 19.2. The summed E-state index contributed by atoms with van der Waals surface area (Å²) in [6.07, 6.45) is 1.87. The summed E-state index contributed by atoms with van der Waals surface area (Å²) >= 11 is 0. The van der Waals surface area contributed by atoms with Crippen molar-refractivity contribution in [2.24, 2.45) is 0 Å². The Labute approximate surface area is 104 Å². The van der Waals surface area contributed by atoms with Gasteiger partial charge < -0.3 is 5.32 Å². The van der Waals surface area contributed by atoms with Gasteiger partial charge in [-0.05, 0) is 25.0 Å². The molecular formula is C13H16F3NO. The fraction of sp³-hybridized carbons (Fsp3) is 0.462. The maximum atomic E-state index is 12.8. The lowest BCUT2D eigenvalue weighted by Crippen LogP contribution is -2.46. The van der Waals surface area contributed by atoms with Crippen molar-refractivity contribution in [3.8, 4) is 0 Å². The second kappa shape index (κ2) is 6.42. The van der Waals surface area contributed by atoms with Gasteiger partial charge in [0.25, 0.3) is 0 Å². The zero-order valence-corrected chi connectivity index (χ0v) is 10.4. The first-order valence-electron chi connectivity index (χ1n) is 5.86. The number of carbonyl (C=O) groups is 1. The highest BCUT2D eigenvalue weighted by Gasteiger charge is 2.18. The minimum absolute atomic E-state index is 0.183. The molecule has 2 rings (SSSR count). The maximum Gasteiger partial charge on any atom is 0.222 e. The number of amides is 1. The molecule has 1 aromatic carbocycles. The standard InChI is InChI=1S/C9H9F3.C4H7NO/c1-2-3-6-4-8(11)9(12)5-7(6)10;1-3-2-4(6)5-3/h4-5H,2-3H2,1H3;3H,2H2,1H3,(H,5,6). The first-order valence-corrected chi connectivity index (χ1v) is 5.86. The molecule has 0 aromatic heterocycles. The number of halogens is 3. The molecule has 0 spiro atoms. The minimum Gasteiger partial charge on any atom is -0.353 e. The molecule has 0 saturated carbocycles. The van der Waals surface area contributed by atoms with Crippen molar-refractivity contribution in [2.45, 2.75) is 39.2 Å². The zero-order valence-electron chi connectivity index (χ0n) is 10.4. The number of rotatable bonds is 2. The van der Waals surface area contributed by atoms with Crippen molar-refractivity contribution in [3.05, 3.63) is 35.1 Å². The van der Waals surface area contributed by atoms with Crippen LogP contribution in [0.5, 0.6) is 0 Å². The lowest BCUT2D eigenvalue weighted by atomic mass is 10.1. The molecular weight excluding hydrogens is 243 g/mol. The molecule has 1 saturated heterocycles. The number of carbonyl (C=O) groups excluding carboxylic acids is 1. The van der Waals surface area contributed by atoms with Gasteiger partial charge in [-0.3, -0.25) is 4.79 Å². The van der Waals surface area contributed by atoms with E-state index in [0.29, 0.717) is 24.9 Å². The predicted octanol–water partition coefficient (Wildman–Crippen LogP) is 2.95. The van der Waals surface area contributed by atoms with Crippen LogP contribution in [0.25, 0.3) is 0 Å². The van der Waals surface area contributed by atoms with Crippen molar-refractivity contribution in [1.82, 2.24) is 5.32 Å². The van der Waals surface area contributed by atoms with Gasteiger partial charge in [-0.25, -0.2) is 13.2 Å². The summed E-state index contributed by atoms with van der Waals surface area (Å²) in [5.41, 5.74) is 0.233. The molecule has 1 N–H and O–H groups in total. The van der Waals surface area contributed by atoms with Crippen LogP contribution in [0.4, 0.5) is 13.2 Å². The molecule has 100 valence electrons. The van der Waals surface area contributed by atoms with E-state index in [1.165, 1.54) is 0 Å². The molecule has 0 aliphatic carbocycles. The zero-order chi connectivity index (χ0) is 13.7. The third kappa shape index (κ3) is 4.05. The Hall–Kier alpha value is -1.52. The van der Waals surface area contributed by atoms with E-state index in [2.05, 4.69) is 5.32 Å². The molecule has 1 aromatic rings. The van der Waals surface area contributed by atoms with Gasteiger partial charge in [0.05, 0.1) is 0 Å². The summed E-state index contributed by atoms with van der Waals surface area (Å²) in [5.74, 6) is -2.61. The Morgan fingerprint density at radius 3 is 2.17 bits per heavy atom. The highest BCUT2D eigenvalue weighted by molar-refractivity contribution is 5.82. The lowest BCUT2D eigenvalue weighted by Gasteiger charge is -2.21. The van der Waals surface area contributed by atoms with E-state index in [1.54, 1.807) is 0 Å². The predicted molar refractivity (Wildman–Crippen MR) is 62.5 cm³/mol. The number of hydrogen-bond donors (Lipinski definition) is 1. The molecule has 1 aliphatic rings. The van der Waals surface area contributed by atoms with Crippen molar-refractivity contribution in [3.63, 3.8) is 0 Å². The van der Waals surface area contributed by atoms with Gasteiger partial charge in [0.15, 0.2) is 11.6 Å². The number of β-lactam (4-membered cyclic amide) rings is 1. The molecule has 1 atom stereocenters. The first-order chi connectivity index (χ1) is 8.43. The average molecular weight is 259 g/mol. The van der Waals surface area contributed by atoms with Gasteiger partial charge in [-0.15, -0.1) is 0 Å². The van der Waals surface area contributed by atoms with Crippen molar-refractivity contribution < 1.29 is 18.0 Å². The van der Waals surface area contributed by atoms with Crippen molar-refractivity contribution in [1.29, 1.82) is 0 Å². The van der Waals surface area contributed by atoms with Gasteiger partial charge in [-0.1, -0.05) is 13.3 Å². The van der Waals surface area contributed by atoms with Crippen LogP contribution in [-0.4, -0.2) is 11.9 Å². The molecule has 1 heterocycles. The summed E-state index contributed by atoms with van der Waals surface area (Å²) in [6, 6.07) is 1.94. The summed E-state index contributed by atoms with van der Waals surface area (Å²) in [4.78, 5) is 10.00. The molecule has 1 aliphatic heterocycles. The summed E-state index contributed by atoms with van der Waals surface area (Å²) in [7, 11) is 0. The number of nitrogens with one attached hydrogen (secondary N) is 1. The van der Waals surface area contributed by atoms with Crippen LogP contribution in [0.3, 0.4) is 0 Å². The van der Waals surface area contributed by atoms with E-state index in [-0.39, 0.29) is 11.5 Å². The van der Waals surface area contributed by atoms with Gasteiger partial charge in [0.2, 0.25) is 5.91 Å². The summed E-state index contributed by atoms with van der Waals surface area (Å²) < 4.78 is 37.7.